The Labute approximate surface area is 156 Å². The molecule has 1 saturated carbocycles. The molecule has 0 amide bonds. The van der Waals surface area contributed by atoms with Gasteiger partial charge in [0.1, 0.15) is 11.9 Å². The number of nitrogens with one attached hydrogen (secondary N) is 1. The lowest BCUT2D eigenvalue weighted by atomic mass is 9.97. The summed E-state index contributed by atoms with van der Waals surface area (Å²) in [4.78, 5) is 18.4. The number of nitrogens with two attached hydrogens (primary N) is 1. The van der Waals surface area contributed by atoms with E-state index in [1.807, 2.05) is 12.3 Å². The highest BCUT2D eigenvalue weighted by Crippen LogP contribution is 2.28. The van der Waals surface area contributed by atoms with Crippen LogP contribution in [0.25, 0.3) is 0 Å². The quantitative estimate of drug-likeness (QED) is 0.492. The van der Waals surface area contributed by atoms with E-state index in [0.29, 0.717) is 18.5 Å². The number of anilines is 1. The number of ether oxygens (including phenoxy) is 1. The number of aryl methyl sites for hydroxylation is 1. The summed E-state index contributed by atoms with van der Waals surface area (Å²) in [6, 6.07) is 4.92. The smallest absolute Gasteiger partial charge is 0.322 e. The zero-order valence-electron chi connectivity index (χ0n) is 15.8. The maximum Gasteiger partial charge on any atom is 0.322 e. The Kier molecular flexibility index (Phi) is 6.86. The number of rotatable bonds is 10. The van der Waals surface area contributed by atoms with E-state index in [1.165, 1.54) is 51.2 Å². The number of aromatic nitrogens is 1. The molecule has 6 heteroatoms. The third-order valence-corrected chi connectivity index (χ3v) is 5.54. The zero-order valence-corrected chi connectivity index (χ0v) is 15.8. The van der Waals surface area contributed by atoms with Crippen molar-refractivity contribution in [2.45, 2.75) is 69.5 Å². The molecule has 144 valence electrons. The number of carbonyl (C=O) groups excluding carboxylic acids is 1. The van der Waals surface area contributed by atoms with Crippen molar-refractivity contribution in [1.29, 1.82) is 0 Å². The third-order valence-electron chi connectivity index (χ3n) is 5.54. The van der Waals surface area contributed by atoms with Crippen molar-refractivity contribution in [1.82, 2.24) is 9.88 Å². The summed E-state index contributed by atoms with van der Waals surface area (Å²) >= 11 is 0. The Morgan fingerprint density at radius 3 is 3.00 bits per heavy atom. The highest BCUT2D eigenvalue weighted by Gasteiger charge is 2.29. The van der Waals surface area contributed by atoms with Crippen molar-refractivity contribution >= 4 is 11.8 Å². The van der Waals surface area contributed by atoms with E-state index < -0.39 is 6.04 Å². The summed E-state index contributed by atoms with van der Waals surface area (Å²) < 4.78 is 4.72. The molecule has 3 N–H and O–H groups in total. The Bertz CT molecular complexity index is 591. The van der Waals surface area contributed by atoms with Crippen LogP contribution in [0, 0.1) is 0 Å². The second-order valence-corrected chi connectivity index (χ2v) is 7.57. The lowest BCUT2D eigenvalue weighted by Crippen LogP contribution is -2.37. The molecule has 1 aromatic rings. The van der Waals surface area contributed by atoms with Crippen molar-refractivity contribution in [3.05, 3.63) is 23.9 Å². The largest absolute Gasteiger partial charge is 0.468 e. The highest BCUT2D eigenvalue weighted by atomic mass is 16.5. The van der Waals surface area contributed by atoms with Gasteiger partial charge in [0.25, 0.3) is 0 Å². The van der Waals surface area contributed by atoms with Gasteiger partial charge in [-0.1, -0.05) is 12.5 Å². The van der Waals surface area contributed by atoms with Crippen molar-refractivity contribution in [2.75, 3.05) is 25.5 Å². The molecule has 0 aromatic carbocycles. The molecule has 26 heavy (non-hydrogen) atoms. The molecule has 0 saturated heterocycles. The van der Waals surface area contributed by atoms with Gasteiger partial charge in [-0.25, -0.2) is 4.98 Å². The summed E-state index contributed by atoms with van der Waals surface area (Å²) in [5.41, 5.74) is 7.21. The second kappa shape index (κ2) is 9.33. The fraction of sp³-hybridized carbons (Fsp3) is 0.700. The average molecular weight is 361 g/mol. The van der Waals surface area contributed by atoms with Gasteiger partial charge >= 0.3 is 5.97 Å². The lowest BCUT2D eigenvalue weighted by molar-refractivity contribution is -0.142. The topological polar surface area (TPSA) is 80.5 Å². The monoisotopic (exact) mass is 360 g/mol. The number of fused-ring (bicyclic) bond motifs is 1. The standard InChI is InChI=1S/C20H32N4O2/c1-26-20(25)18(21)11-14-24(17-9-10-17)13-3-2-6-16-8-7-15-5-4-12-22-19(15)23-16/h4-5,12,16-18H,2-3,6-11,13-14,21H2,1H3,(H,22,23). The normalized spacial score (nSPS) is 20.3. The van der Waals surface area contributed by atoms with Gasteiger partial charge in [0.2, 0.25) is 0 Å². The number of carbonyl (C=O) groups is 1. The molecule has 0 radical (unpaired) electrons. The minimum Gasteiger partial charge on any atom is -0.468 e. The summed E-state index contributed by atoms with van der Waals surface area (Å²) in [6.07, 6.45) is 11.0. The molecule has 2 heterocycles. The molecule has 3 rings (SSSR count). The first-order chi connectivity index (χ1) is 12.7. The number of nitrogens with zero attached hydrogens (tertiary/aromatic N) is 2. The van der Waals surface area contributed by atoms with Crippen molar-refractivity contribution < 1.29 is 9.53 Å². The molecule has 2 unspecified atom stereocenters. The van der Waals surface area contributed by atoms with Crippen LogP contribution in [0.4, 0.5) is 5.82 Å². The molecular formula is C20H32N4O2. The zero-order chi connectivity index (χ0) is 18.4. The van der Waals surface area contributed by atoms with Crippen molar-refractivity contribution in [3.63, 3.8) is 0 Å². The predicted molar refractivity (Wildman–Crippen MR) is 103 cm³/mol. The molecule has 2 aliphatic rings. The maximum absolute atomic E-state index is 11.5. The van der Waals surface area contributed by atoms with Crippen molar-refractivity contribution in [3.8, 4) is 0 Å². The number of unbranched alkanes of at least 4 members (excludes halogenated alkanes) is 1. The third kappa shape index (κ3) is 5.42. The van der Waals surface area contributed by atoms with Crippen LogP contribution in [-0.4, -0.2) is 54.2 Å². The molecule has 0 bridgehead atoms. The first-order valence-corrected chi connectivity index (χ1v) is 9.95. The van der Waals surface area contributed by atoms with Crippen LogP contribution in [0.15, 0.2) is 18.3 Å². The van der Waals surface area contributed by atoms with Gasteiger partial charge in [-0.15, -0.1) is 0 Å². The van der Waals surface area contributed by atoms with Crippen LogP contribution in [0.1, 0.15) is 50.5 Å². The Hall–Kier alpha value is -1.66. The Morgan fingerprint density at radius 1 is 1.38 bits per heavy atom. The van der Waals surface area contributed by atoms with Crippen LogP contribution in [-0.2, 0) is 16.0 Å². The van der Waals surface area contributed by atoms with Gasteiger partial charge in [0.05, 0.1) is 7.11 Å². The van der Waals surface area contributed by atoms with Gasteiger partial charge in [0.15, 0.2) is 0 Å². The SMILES string of the molecule is COC(=O)C(N)CCN(CCCCC1CCc2cccnc2N1)C1CC1. The average Bonchev–Trinajstić information content (AvgIpc) is 3.51. The number of pyridine rings is 1. The second-order valence-electron chi connectivity index (χ2n) is 7.57. The van der Waals surface area contributed by atoms with Crippen LogP contribution in [0.2, 0.25) is 0 Å². The summed E-state index contributed by atoms with van der Waals surface area (Å²) in [5, 5.41) is 3.59. The molecule has 0 spiro atoms. The molecule has 1 aliphatic carbocycles. The number of esters is 1. The van der Waals surface area contributed by atoms with E-state index in [0.717, 1.165) is 25.3 Å². The number of methoxy groups -OCH3 is 1. The molecule has 1 aromatic heterocycles. The minimum atomic E-state index is -0.500. The molecule has 6 nitrogen and oxygen atoms in total. The highest BCUT2D eigenvalue weighted by molar-refractivity contribution is 5.75. The van der Waals surface area contributed by atoms with E-state index in [9.17, 15) is 4.79 Å². The Morgan fingerprint density at radius 2 is 2.23 bits per heavy atom. The molecule has 2 atom stereocenters. The molecular weight excluding hydrogens is 328 g/mol. The van der Waals surface area contributed by atoms with Crippen LogP contribution >= 0.6 is 0 Å². The van der Waals surface area contributed by atoms with Gasteiger partial charge < -0.3 is 20.7 Å². The fourth-order valence-corrected chi connectivity index (χ4v) is 3.78. The predicted octanol–water partition coefficient (Wildman–Crippen LogP) is 2.33. The van der Waals surface area contributed by atoms with Gasteiger partial charge in [-0.2, -0.15) is 0 Å². The number of hydrogen-bond acceptors (Lipinski definition) is 6. The molecule has 1 fully saturated rings. The van der Waals surface area contributed by atoms with E-state index in [2.05, 4.69) is 21.3 Å². The van der Waals surface area contributed by atoms with Crippen LogP contribution < -0.4 is 11.1 Å². The fourth-order valence-electron chi connectivity index (χ4n) is 3.78. The number of hydrogen-bond donors (Lipinski definition) is 2. The Balaban J connectivity index is 1.35. The first-order valence-electron chi connectivity index (χ1n) is 9.95. The van der Waals surface area contributed by atoms with Crippen LogP contribution in [0.5, 0.6) is 0 Å². The van der Waals surface area contributed by atoms with Gasteiger partial charge in [-0.3, -0.25) is 4.79 Å². The van der Waals surface area contributed by atoms with Crippen molar-refractivity contribution in [2.24, 2.45) is 5.73 Å². The van der Waals surface area contributed by atoms with E-state index in [-0.39, 0.29) is 5.97 Å². The summed E-state index contributed by atoms with van der Waals surface area (Å²) in [5.74, 6) is 0.762. The molecule has 1 aliphatic heterocycles. The van der Waals surface area contributed by atoms with E-state index in [4.69, 9.17) is 10.5 Å². The summed E-state index contributed by atoms with van der Waals surface area (Å²) in [7, 11) is 1.40. The van der Waals surface area contributed by atoms with Crippen LogP contribution in [0.3, 0.4) is 0 Å². The first kappa shape index (κ1) is 19.1. The minimum absolute atomic E-state index is 0.307. The van der Waals surface area contributed by atoms with E-state index >= 15 is 0 Å². The van der Waals surface area contributed by atoms with E-state index in [1.54, 1.807) is 0 Å². The van der Waals surface area contributed by atoms with Gasteiger partial charge in [0, 0.05) is 24.8 Å². The van der Waals surface area contributed by atoms with Gasteiger partial charge in [-0.05, 0) is 63.1 Å². The summed E-state index contributed by atoms with van der Waals surface area (Å²) in [6.45, 7) is 1.99. The maximum atomic E-state index is 11.5. The lowest BCUT2D eigenvalue weighted by Gasteiger charge is -2.27.